The van der Waals surface area contributed by atoms with Gasteiger partial charge in [0.15, 0.2) is 0 Å². The number of hydrogen-bond acceptors (Lipinski definition) is 5. The number of nitrogens with zero attached hydrogens (tertiary/aromatic N) is 1. The minimum absolute atomic E-state index is 0.0305. The molecule has 1 rings (SSSR count). The number of hydrogen-bond donors (Lipinski definition) is 1. The van der Waals surface area contributed by atoms with Gasteiger partial charge in [0.25, 0.3) is 0 Å². The average molecular weight is 284 g/mol. The number of amides is 2. The number of esters is 1. The maximum atomic E-state index is 11.1. The molecule has 0 aliphatic carbocycles. The molecule has 6 heteroatoms. The normalized spacial score (nSPS) is 13.8. The third-order valence-electron chi connectivity index (χ3n) is 2.61. The Morgan fingerprint density at radius 1 is 1.35 bits per heavy atom. The molecular weight excluding hydrogens is 260 g/mol. The van der Waals surface area contributed by atoms with Crippen LogP contribution in [0.4, 0.5) is 0 Å². The molecule has 1 aliphatic rings. The smallest absolute Gasteiger partial charge is 0.330 e. The van der Waals surface area contributed by atoms with Crippen LogP contribution < -0.4 is 5.73 Å². The molecule has 114 valence electrons. The minimum atomic E-state index is -0.341. The van der Waals surface area contributed by atoms with Gasteiger partial charge in [-0.25, -0.2) is 4.79 Å². The van der Waals surface area contributed by atoms with E-state index in [0.29, 0.717) is 32.5 Å². The first kappa shape index (κ1) is 18.3. The van der Waals surface area contributed by atoms with Crippen LogP contribution in [0.2, 0.25) is 0 Å². The summed E-state index contributed by atoms with van der Waals surface area (Å²) in [7, 11) is 0. The summed E-state index contributed by atoms with van der Waals surface area (Å²) in [6.45, 7) is 6.84. The first-order valence-corrected chi connectivity index (χ1v) is 6.89. The molecule has 0 atom stereocenters. The number of ether oxygens (including phenoxy) is 1. The van der Waals surface area contributed by atoms with E-state index in [4.69, 9.17) is 5.73 Å². The highest BCUT2D eigenvalue weighted by Gasteiger charge is 2.27. The molecule has 2 amide bonds. The highest BCUT2D eigenvalue weighted by Crippen LogP contribution is 2.11. The average Bonchev–Trinajstić information content (AvgIpc) is 2.77. The largest absolute Gasteiger partial charge is 0.463 e. The number of carbonyl (C=O) groups is 3. The van der Waals surface area contributed by atoms with E-state index in [1.807, 2.05) is 6.92 Å². The molecule has 0 radical (unpaired) electrons. The first-order valence-electron chi connectivity index (χ1n) is 6.89. The zero-order valence-electron chi connectivity index (χ0n) is 12.1. The predicted octanol–water partition coefficient (Wildman–Crippen LogP) is 1.000. The molecule has 1 saturated heterocycles. The van der Waals surface area contributed by atoms with Crippen molar-refractivity contribution in [1.29, 1.82) is 0 Å². The van der Waals surface area contributed by atoms with E-state index in [-0.39, 0.29) is 17.8 Å². The molecule has 1 aliphatic heterocycles. The van der Waals surface area contributed by atoms with Crippen molar-refractivity contribution in [3.63, 3.8) is 0 Å². The van der Waals surface area contributed by atoms with Crippen LogP contribution in [-0.4, -0.2) is 42.4 Å². The first-order chi connectivity index (χ1) is 9.56. The van der Waals surface area contributed by atoms with Crippen molar-refractivity contribution < 1.29 is 19.1 Å². The summed E-state index contributed by atoms with van der Waals surface area (Å²) in [6, 6.07) is 0. The lowest BCUT2D eigenvalue weighted by Gasteiger charge is -2.12. The Labute approximate surface area is 119 Å². The molecule has 0 aromatic carbocycles. The van der Waals surface area contributed by atoms with E-state index in [1.165, 1.54) is 4.90 Å². The zero-order chi connectivity index (χ0) is 15.4. The van der Waals surface area contributed by atoms with Gasteiger partial charge in [-0.1, -0.05) is 13.5 Å². The standard InChI is InChI=1S/C8H14N2O2.C6H10O2/c9-5-1-2-6-10-7(11)3-4-8(10)12;1-3-5-8-6(7)4-2/h1-6,9H2;4H,2-3,5H2,1H3. The van der Waals surface area contributed by atoms with Crippen molar-refractivity contribution in [1.82, 2.24) is 4.90 Å². The van der Waals surface area contributed by atoms with Gasteiger partial charge in [-0.3, -0.25) is 14.5 Å². The summed E-state index contributed by atoms with van der Waals surface area (Å²) in [5.74, 6) is -0.402. The number of likely N-dealkylation sites (tertiary alicyclic amines) is 1. The summed E-state index contributed by atoms with van der Waals surface area (Å²) in [4.78, 5) is 33.7. The monoisotopic (exact) mass is 284 g/mol. The summed E-state index contributed by atoms with van der Waals surface area (Å²) in [6.07, 6.45) is 4.50. The van der Waals surface area contributed by atoms with E-state index in [0.717, 1.165) is 25.3 Å². The highest BCUT2D eigenvalue weighted by molar-refractivity contribution is 6.01. The third-order valence-corrected chi connectivity index (χ3v) is 2.61. The number of imide groups is 1. The second-order valence-electron chi connectivity index (χ2n) is 4.31. The molecule has 0 unspecified atom stereocenters. The Hall–Kier alpha value is -1.69. The molecule has 0 saturated carbocycles. The van der Waals surface area contributed by atoms with Crippen molar-refractivity contribution in [3.8, 4) is 0 Å². The van der Waals surface area contributed by atoms with Crippen LogP contribution in [0.5, 0.6) is 0 Å². The second kappa shape index (κ2) is 11.2. The van der Waals surface area contributed by atoms with Crippen LogP contribution in [0.1, 0.15) is 39.0 Å². The maximum absolute atomic E-state index is 11.1. The maximum Gasteiger partial charge on any atom is 0.330 e. The summed E-state index contributed by atoms with van der Waals surface area (Å²) in [5.41, 5.74) is 5.29. The summed E-state index contributed by atoms with van der Waals surface area (Å²) >= 11 is 0. The Morgan fingerprint density at radius 3 is 2.40 bits per heavy atom. The molecule has 0 bridgehead atoms. The quantitative estimate of drug-likeness (QED) is 0.326. The molecule has 6 nitrogen and oxygen atoms in total. The van der Waals surface area contributed by atoms with Gasteiger partial charge in [-0.05, 0) is 25.8 Å². The molecule has 1 fully saturated rings. The van der Waals surface area contributed by atoms with Gasteiger partial charge in [0.2, 0.25) is 11.8 Å². The summed E-state index contributed by atoms with van der Waals surface area (Å²) < 4.78 is 4.58. The van der Waals surface area contributed by atoms with Gasteiger partial charge in [0, 0.05) is 25.5 Å². The lowest BCUT2D eigenvalue weighted by molar-refractivity contribution is -0.139. The predicted molar refractivity (Wildman–Crippen MR) is 75.7 cm³/mol. The van der Waals surface area contributed by atoms with Gasteiger partial charge in [-0.2, -0.15) is 0 Å². The van der Waals surface area contributed by atoms with E-state index in [2.05, 4.69) is 11.3 Å². The zero-order valence-corrected chi connectivity index (χ0v) is 12.1. The van der Waals surface area contributed by atoms with E-state index < -0.39 is 0 Å². The lowest BCUT2D eigenvalue weighted by atomic mass is 10.3. The van der Waals surface area contributed by atoms with Gasteiger partial charge in [0.1, 0.15) is 0 Å². The Morgan fingerprint density at radius 2 is 1.95 bits per heavy atom. The summed E-state index contributed by atoms with van der Waals surface area (Å²) in [5, 5.41) is 0. The van der Waals surface area contributed by atoms with Gasteiger partial charge in [0.05, 0.1) is 6.61 Å². The van der Waals surface area contributed by atoms with E-state index >= 15 is 0 Å². The number of nitrogens with two attached hydrogens (primary N) is 1. The molecule has 20 heavy (non-hydrogen) atoms. The molecule has 0 aromatic rings. The fourth-order valence-electron chi connectivity index (χ4n) is 1.55. The van der Waals surface area contributed by atoms with Crippen LogP contribution in [0.15, 0.2) is 12.7 Å². The van der Waals surface area contributed by atoms with E-state index in [1.54, 1.807) is 0 Å². The van der Waals surface area contributed by atoms with Crippen LogP contribution in [0.3, 0.4) is 0 Å². The topological polar surface area (TPSA) is 89.7 Å². The van der Waals surface area contributed by atoms with Gasteiger partial charge in [-0.15, -0.1) is 0 Å². The van der Waals surface area contributed by atoms with Crippen LogP contribution in [-0.2, 0) is 19.1 Å². The Bertz CT molecular complexity index is 326. The minimum Gasteiger partial charge on any atom is -0.463 e. The van der Waals surface area contributed by atoms with Crippen molar-refractivity contribution in [2.45, 2.75) is 39.0 Å². The third kappa shape index (κ3) is 7.68. The van der Waals surface area contributed by atoms with Crippen molar-refractivity contribution >= 4 is 17.8 Å². The second-order valence-corrected chi connectivity index (χ2v) is 4.31. The molecular formula is C14H24N2O4. The van der Waals surface area contributed by atoms with Crippen molar-refractivity contribution in [3.05, 3.63) is 12.7 Å². The van der Waals surface area contributed by atoms with E-state index in [9.17, 15) is 14.4 Å². The Kier molecular flexibility index (Phi) is 10.2. The van der Waals surface area contributed by atoms with Crippen LogP contribution in [0, 0.1) is 0 Å². The molecule has 0 spiro atoms. The molecule has 0 aromatic heterocycles. The van der Waals surface area contributed by atoms with Crippen molar-refractivity contribution in [2.24, 2.45) is 5.73 Å². The Balaban J connectivity index is 0.000000396. The fraction of sp³-hybridized carbons (Fsp3) is 0.643. The van der Waals surface area contributed by atoms with Crippen molar-refractivity contribution in [2.75, 3.05) is 19.7 Å². The SMILES string of the molecule is C=CC(=O)OCCC.NCCCCN1C(=O)CCC1=O. The van der Waals surface area contributed by atoms with Gasteiger partial charge < -0.3 is 10.5 Å². The molecule has 1 heterocycles. The fourth-order valence-corrected chi connectivity index (χ4v) is 1.55. The van der Waals surface area contributed by atoms with Crippen LogP contribution >= 0.6 is 0 Å². The molecule has 2 N–H and O–H groups in total. The van der Waals surface area contributed by atoms with Crippen LogP contribution in [0.25, 0.3) is 0 Å². The number of unbranched alkanes of at least 4 members (excludes halogenated alkanes) is 1. The van der Waals surface area contributed by atoms with Gasteiger partial charge >= 0.3 is 5.97 Å². The lowest BCUT2D eigenvalue weighted by Crippen LogP contribution is -2.30. The number of carbonyl (C=O) groups excluding carboxylic acids is 3. The number of rotatable bonds is 7. The highest BCUT2D eigenvalue weighted by atomic mass is 16.5.